The zero-order valence-electron chi connectivity index (χ0n) is 26.2. The number of benzene rings is 1. The van der Waals surface area contributed by atoms with E-state index in [0.717, 1.165) is 62.7 Å². The average Bonchev–Trinajstić information content (AvgIpc) is 3.31. The standard InChI is InChI=1S/C34H45FN6O2/c1-22(2)37(5)34(43)30-15-28(35)6-7-31(30)41-21-27(33-23(3)16-36-17-32(33)41)12-26-19-38(20-26)18-25-13-29(14-25)40-10-8-39(9-11-40)24(4)42/h6-7,15-17,21-22,25-26,29H,8-14,18-20H2,1-5H3. The third-order valence-corrected chi connectivity index (χ3v) is 10.1. The summed E-state index contributed by atoms with van der Waals surface area (Å²) in [4.78, 5) is 38.3. The predicted molar refractivity (Wildman–Crippen MR) is 167 cm³/mol. The van der Waals surface area contributed by atoms with Gasteiger partial charge < -0.3 is 19.3 Å². The topological polar surface area (TPSA) is 64.9 Å². The minimum Gasteiger partial charge on any atom is -0.340 e. The van der Waals surface area contributed by atoms with Gasteiger partial charge in [0.1, 0.15) is 5.82 Å². The zero-order chi connectivity index (χ0) is 30.4. The van der Waals surface area contributed by atoms with Gasteiger partial charge in [-0.3, -0.25) is 19.5 Å². The molecule has 2 aromatic heterocycles. The van der Waals surface area contributed by atoms with Gasteiger partial charge in [-0.15, -0.1) is 0 Å². The number of pyridine rings is 1. The van der Waals surface area contributed by atoms with Crippen LogP contribution in [-0.4, -0.2) is 106 Å². The molecule has 0 N–H and O–H groups in total. The number of halogens is 1. The highest BCUT2D eigenvalue weighted by atomic mass is 19.1. The van der Waals surface area contributed by atoms with Gasteiger partial charge in [0.2, 0.25) is 5.91 Å². The Morgan fingerprint density at radius 1 is 1.07 bits per heavy atom. The second-order valence-corrected chi connectivity index (χ2v) is 13.4. The van der Waals surface area contributed by atoms with E-state index < -0.39 is 5.82 Å². The Morgan fingerprint density at radius 3 is 2.47 bits per heavy atom. The summed E-state index contributed by atoms with van der Waals surface area (Å²) in [6, 6.07) is 5.17. The number of aromatic nitrogens is 2. The molecule has 1 aromatic carbocycles. The van der Waals surface area contributed by atoms with Crippen molar-refractivity contribution in [1.82, 2.24) is 29.2 Å². The first-order valence-corrected chi connectivity index (χ1v) is 15.8. The highest BCUT2D eigenvalue weighted by Gasteiger charge is 2.38. The van der Waals surface area contributed by atoms with E-state index in [-0.39, 0.29) is 17.9 Å². The fraction of sp³-hybridized carbons (Fsp3) is 0.559. The highest BCUT2D eigenvalue weighted by molar-refractivity contribution is 5.99. The Labute approximate surface area is 254 Å². The van der Waals surface area contributed by atoms with Crippen LogP contribution in [-0.2, 0) is 11.2 Å². The molecule has 1 saturated carbocycles. The van der Waals surface area contributed by atoms with E-state index in [1.54, 1.807) is 24.9 Å². The lowest BCUT2D eigenvalue weighted by molar-refractivity contribution is -0.131. The summed E-state index contributed by atoms with van der Waals surface area (Å²) in [5.74, 6) is 0.937. The van der Waals surface area contributed by atoms with Crippen LogP contribution in [0, 0.1) is 24.6 Å². The molecule has 2 saturated heterocycles. The van der Waals surface area contributed by atoms with Crippen molar-refractivity contribution < 1.29 is 14.0 Å². The van der Waals surface area contributed by atoms with E-state index in [0.29, 0.717) is 23.2 Å². The van der Waals surface area contributed by atoms with Crippen molar-refractivity contribution in [1.29, 1.82) is 0 Å². The second-order valence-electron chi connectivity index (χ2n) is 13.4. The van der Waals surface area contributed by atoms with E-state index in [1.807, 2.05) is 35.7 Å². The SMILES string of the molecule is CC(=O)N1CCN(C2CC(CN3CC(Cc4cn(-c5ccc(F)cc5C(=O)N(C)C(C)C)c5cncc(C)c45)C3)C2)CC1. The highest BCUT2D eigenvalue weighted by Crippen LogP contribution is 2.36. The average molecular weight is 589 g/mol. The predicted octanol–water partition coefficient (Wildman–Crippen LogP) is 4.37. The van der Waals surface area contributed by atoms with Gasteiger partial charge in [0.05, 0.1) is 23.0 Å². The summed E-state index contributed by atoms with van der Waals surface area (Å²) < 4.78 is 16.4. The zero-order valence-corrected chi connectivity index (χ0v) is 26.2. The van der Waals surface area contributed by atoms with Crippen molar-refractivity contribution in [2.24, 2.45) is 11.8 Å². The normalized spacial score (nSPS) is 21.7. The number of hydrogen-bond donors (Lipinski definition) is 0. The minimum atomic E-state index is -0.418. The number of amides is 2. The molecule has 1 aliphatic carbocycles. The largest absolute Gasteiger partial charge is 0.340 e. The molecule has 9 heteroatoms. The molecule has 0 unspecified atom stereocenters. The van der Waals surface area contributed by atoms with Gasteiger partial charge in [0.15, 0.2) is 0 Å². The molecule has 0 spiro atoms. The van der Waals surface area contributed by atoms with E-state index in [2.05, 4.69) is 27.9 Å². The third kappa shape index (κ3) is 5.94. The van der Waals surface area contributed by atoms with Crippen LogP contribution in [0.4, 0.5) is 4.39 Å². The summed E-state index contributed by atoms with van der Waals surface area (Å²) in [6.45, 7) is 14.8. The Hall–Kier alpha value is -3.30. The van der Waals surface area contributed by atoms with Crippen molar-refractivity contribution in [2.45, 2.75) is 59.0 Å². The lowest BCUT2D eigenvalue weighted by Gasteiger charge is -2.49. The molecule has 2 amide bonds. The molecule has 3 fully saturated rings. The molecule has 2 aliphatic heterocycles. The van der Waals surface area contributed by atoms with Crippen molar-refractivity contribution in [3.8, 4) is 5.69 Å². The number of likely N-dealkylation sites (tertiary alicyclic amines) is 1. The van der Waals surface area contributed by atoms with Crippen LogP contribution in [0.15, 0.2) is 36.8 Å². The van der Waals surface area contributed by atoms with Crippen LogP contribution in [0.3, 0.4) is 0 Å². The van der Waals surface area contributed by atoms with Crippen molar-refractivity contribution >= 4 is 22.7 Å². The van der Waals surface area contributed by atoms with Crippen LogP contribution in [0.1, 0.15) is 55.1 Å². The summed E-state index contributed by atoms with van der Waals surface area (Å²) in [7, 11) is 1.76. The van der Waals surface area contributed by atoms with Gasteiger partial charge in [-0.1, -0.05) is 0 Å². The maximum Gasteiger partial charge on any atom is 0.256 e. The van der Waals surface area contributed by atoms with E-state index in [9.17, 15) is 14.0 Å². The molecule has 3 aromatic rings. The Kier molecular flexibility index (Phi) is 8.31. The first-order valence-electron chi connectivity index (χ1n) is 15.8. The van der Waals surface area contributed by atoms with E-state index in [4.69, 9.17) is 0 Å². The van der Waals surface area contributed by atoms with Crippen molar-refractivity contribution in [3.63, 3.8) is 0 Å². The van der Waals surface area contributed by atoms with Crippen molar-refractivity contribution in [2.75, 3.05) is 52.9 Å². The summed E-state index contributed by atoms with van der Waals surface area (Å²) in [6.07, 6.45) is 9.41. The second kappa shape index (κ2) is 12.0. The molecule has 3 aliphatic rings. The Bertz CT molecular complexity index is 1500. The molecule has 4 heterocycles. The van der Waals surface area contributed by atoms with Crippen LogP contribution < -0.4 is 0 Å². The Morgan fingerprint density at radius 2 is 1.79 bits per heavy atom. The number of piperazine rings is 1. The molecule has 230 valence electrons. The minimum absolute atomic E-state index is 0.000323. The van der Waals surface area contributed by atoms with Gasteiger partial charge in [-0.2, -0.15) is 0 Å². The maximum atomic E-state index is 14.4. The fourth-order valence-electron chi connectivity index (χ4n) is 7.29. The number of nitrogens with zero attached hydrogens (tertiary/aromatic N) is 6. The van der Waals surface area contributed by atoms with Gasteiger partial charge in [0.25, 0.3) is 5.91 Å². The smallest absolute Gasteiger partial charge is 0.256 e. The van der Waals surface area contributed by atoms with E-state index in [1.165, 1.54) is 42.5 Å². The summed E-state index contributed by atoms with van der Waals surface area (Å²) in [5, 5.41) is 1.18. The molecule has 8 nitrogen and oxygen atoms in total. The number of carbonyl (C=O) groups excluding carboxylic acids is 2. The first-order chi connectivity index (χ1) is 20.6. The Balaban J connectivity index is 1.10. The monoisotopic (exact) mass is 588 g/mol. The van der Waals surface area contributed by atoms with Crippen LogP contribution >= 0.6 is 0 Å². The van der Waals surface area contributed by atoms with Crippen LogP contribution in [0.2, 0.25) is 0 Å². The van der Waals surface area contributed by atoms with Crippen molar-refractivity contribution in [3.05, 3.63) is 59.3 Å². The number of aryl methyl sites for hydroxylation is 1. The molecule has 6 rings (SSSR count). The lowest BCUT2D eigenvalue weighted by Crippen LogP contribution is -2.57. The first kappa shape index (κ1) is 29.8. The molecular weight excluding hydrogens is 543 g/mol. The van der Waals surface area contributed by atoms with Gasteiger partial charge >= 0.3 is 0 Å². The molecular formula is C34H45FN6O2. The lowest BCUT2D eigenvalue weighted by atomic mass is 9.77. The number of carbonyl (C=O) groups is 2. The number of hydrogen-bond acceptors (Lipinski definition) is 5. The van der Waals surface area contributed by atoms with Crippen LogP contribution in [0.5, 0.6) is 0 Å². The van der Waals surface area contributed by atoms with Gasteiger partial charge in [0, 0.05) is 89.6 Å². The molecule has 43 heavy (non-hydrogen) atoms. The van der Waals surface area contributed by atoms with Gasteiger partial charge in [-0.05, 0) is 81.2 Å². The third-order valence-electron chi connectivity index (χ3n) is 10.1. The molecule has 0 atom stereocenters. The van der Waals surface area contributed by atoms with Gasteiger partial charge in [-0.25, -0.2) is 4.39 Å². The fourth-order valence-corrected chi connectivity index (χ4v) is 7.29. The quantitative estimate of drug-likeness (QED) is 0.391. The maximum absolute atomic E-state index is 14.4. The summed E-state index contributed by atoms with van der Waals surface area (Å²) in [5.41, 5.74) is 4.36. The molecule has 0 radical (unpaired) electrons. The van der Waals surface area contributed by atoms with Crippen LogP contribution in [0.25, 0.3) is 16.6 Å². The molecule has 0 bridgehead atoms. The van der Waals surface area contributed by atoms with E-state index >= 15 is 0 Å². The number of rotatable bonds is 8. The number of fused-ring (bicyclic) bond motifs is 1. The summed E-state index contributed by atoms with van der Waals surface area (Å²) >= 11 is 0.